The van der Waals surface area contributed by atoms with Gasteiger partial charge in [-0.2, -0.15) is 5.10 Å². The average Bonchev–Trinajstić information content (AvgIpc) is 3.60. The highest BCUT2D eigenvalue weighted by Gasteiger charge is 2.22. The predicted molar refractivity (Wildman–Crippen MR) is 170 cm³/mol. The van der Waals surface area contributed by atoms with Crippen LogP contribution in [0, 0.1) is 11.2 Å². The zero-order chi connectivity index (χ0) is 31.0. The fourth-order valence-electron chi connectivity index (χ4n) is 4.72. The maximum Gasteiger partial charge on any atom is 0.229 e. The van der Waals surface area contributed by atoms with Crippen LogP contribution in [-0.2, 0) is 4.79 Å². The Kier molecular flexibility index (Phi) is 7.56. The number of nitrogens with one attached hydrogen (secondary N) is 3. The van der Waals surface area contributed by atoms with Crippen LogP contribution in [0.25, 0.3) is 56.0 Å². The van der Waals surface area contributed by atoms with Gasteiger partial charge in [-0.3, -0.25) is 14.9 Å². The number of ether oxygens (including phenoxy) is 1. The van der Waals surface area contributed by atoms with Crippen molar-refractivity contribution in [3.05, 3.63) is 72.8 Å². The topological polar surface area (TPSA) is 125 Å². The minimum Gasteiger partial charge on any atom is -0.492 e. The summed E-state index contributed by atoms with van der Waals surface area (Å²) in [5.74, 6) is 0.488. The van der Waals surface area contributed by atoms with E-state index in [0.717, 1.165) is 22.2 Å². The summed E-state index contributed by atoms with van der Waals surface area (Å²) in [7, 11) is 3.92. The van der Waals surface area contributed by atoms with Gasteiger partial charge in [0.05, 0.1) is 34.1 Å². The molecule has 6 rings (SSSR count). The van der Waals surface area contributed by atoms with E-state index in [9.17, 15) is 9.18 Å². The number of halogens is 1. The van der Waals surface area contributed by atoms with E-state index in [0.29, 0.717) is 58.4 Å². The summed E-state index contributed by atoms with van der Waals surface area (Å²) in [5.41, 5.74) is 6.22. The van der Waals surface area contributed by atoms with E-state index in [-0.39, 0.29) is 11.7 Å². The zero-order valence-electron chi connectivity index (χ0n) is 25.2. The molecule has 0 radical (unpaired) electrons. The van der Waals surface area contributed by atoms with Crippen LogP contribution in [0.5, 0.6) is 5.75 Å². The van der Waals surface area contributed by atoms with E-state index < -0.39 is 5.41 Å². The fourth-order valence-corrected chi connectivity index (χ4v) is 4.72. The Bertz CT molecular complexity index is 1990. The van der Waals surface area contributed by atoms with Crippen molar-refractivity contribution in [2.75, 3.05) is 32.6 Å². The number of hydrogen-bond donors (Lipinski definition) is 3. The summed E-state index contributed by atoms with van der Waals surface area (Å²) < 4.78 is 20.5. The number of benzene rings is 2. The minimum absolute atomic E-state index is 0.104. The van der Waals surface area contributed by atoms with Crippen LogP contribution in [0.2, 0.25) is 0 Å². The number of imidazole rings is 1. The van der Waals surface area contributed by atoms with Gasteiger partial charge in [0.15, 0.2) is 11.5 Å². The van der Waals surface area contributed by atoms with Gasteiger partial charge in [-0.1, -0.05) is 32.9 Å². The van der Waals surface area contributed by atoms with Crippen LogP contribution >= 0.6 is 0 Å². The molecule has 4 aromatic heterocycles. The van der Waals surface area contributed by atoms with Gasteiger partial charge >= 0.3 is 0 Å². The Morgan fingerprint density at radius 2 is 1.82 bits per heavy atom. The Balaban J connectivity index is 1.35. The van der Waals surface area contributed by atoms with Crippen molar-refractivity contribution in [3.63, 3.8) is 0 Å². The molecule has 3 N–H and O–H groups in total. The standard InChI is InChI=1S/C33H33FN8O2/c1-33(2,3)32(43)36-22-14-20(17-35-18-22)25-9-10-27-29(37-25)30(41-40-27)31-38-26-8-6-7-24(28(26)39-31)19-13-21(34)16-23(15-19)44-12-11-42(4)5/h6-10,13-18H,11-12H2,1-5H3,(H,36,43)(H,38,39)(H,40,41). The first-order chi connectivity index (χ1) is 21.0. The molecule has 1 amide bonds. The fraction of sp³-hybridized carbons (Fsp3) is 0.242. The maximum absolute atomic E-state index is 14.7. The summed E-state index contributed by atoms with van der Waals surface area (Å²) in [4.78, 5) is 32.0. The molecule has 44 heavy (non-hydrogen) atoms. The molecule has 11 heteroatoms. The normalized spacial score (nSPS) is 11.9. The first kappa shape index (κ1) is 28.9. The zero-order valence-corrected chi connectivity index (χ0v) is 25.2. The molecule has 0 aliphatic rings. The SMILES string of the molecule is CN(C)CCOc1cc(F)cc(-c2cccc3[nH]c(-c4n[nH]c5ccc(-c6cncc(NC(=O)C(C)(C)C)c6)nc45)nc23)c1. The first-order valence-electron chi connectivity index (χ1n) is 14.2. The number of aromatic nitrogens is 6. The highest BCUT2D eigenvalue weighted by atomic mass is 19.1. The Morgan fingerprint density at radius 1 is 0.977 bits per heavy atom. The van der Waals surface area contributed by atoms with Gasteiger partial charge in [-0.15, -0.1) is 0 Å². The smallest absolute Gasteiger partial charge is 0.229 e. The molecule has 4 heterocycles. The molecular weight excluding hydrogens is 559 g/mol. The minimum atomic E-state index is -0.540. The van der Waals surface area contributed by atoms with Crippen LogP contribution in [-0.4, -0.2) is 68.2 Å². The van der Waals surface area contributed by atoms with E-state index in [4.69, 9.17) is 14.7 Å². The van der Waals surface area contributed by atoms with Crippen LogP contribution in [0.1, 0.15) is 20.8 Å². The van der Waals surface area contributed by atoms with E-state index in [1.807, 2.05) is 82.2 Å². The lowest BCUT2D eigenvalue weighted by atomic mass is 9.95. The van der Waals surface area contributed by atoms with E-state index >= 15 is 0 Å². The quantitative estimate of drug-likeness (QED) is 0.190. The third-order valence-corrected chi connectivity index (χ3v) is 7.11. The summed E-state index contributed by atoms with van der Waals surface area (Å²) in [6.45, 7) is 6.73. The summed E-state index contributed by atoms with van der Waals surface area (Å²) in [5, 5.41) is 10.5. The van der Waals surface area contributed by atoms with E-state index in [1.54, 1.807) is 12.4 Å². The number of carbonyl (C=O) groups excluding carboxylic acids is 1. The number of nitrogens with zero attached hydrogens (tertiary/aromatic N) is 5. The summed E-state index contributed by atoms with van der Waals surface area (Å²) in [6.07, 6.45) is 3.31. The number of likely N-dealkylation sites (N-methyl/N-ethyl adjacent to an activating group) is 1. The number of para-hydroxylation sites is 1. The van der Waals surface area contributed by atoms with Crippen LogP contribution in [0.4, 0.5) is 10.1 Å². The van der Waals surface area contributed by atoms with E-state index in [1.165, 1.54) is 12.1 Å². The molecule has 0 saturated carbocycles. The molecule has 0 unspecified atom stereocenters. The van der Waals surface area contributed by atoms with Gasteiger partial charge in [0.2, 0.25) is 5.91 Å². The van der Waals surface area contributed by atoms with Gasteiger partial charge in [0.1, 0.15) is 23.7 Å². The lowest BCUT2D eigenvalue weighted by molar-refractivity contribution is -0.123. The first-order valence-corrected chi connectivity index (χ1v) is 14.2. The molecule has 224 valence electrons. The second-order valence-electron chi connectivity index (χ2n) is 11.9. The van der Waals surface area contributed by atoms with Gasteiger partial charge in [0.25, 0.3) is 0 Å². The van der Waals surface area contributed by atoms with Crippen LogP contribution < -0.4 is 10.1 Å². The van der Waals surface area contributed by atoms with Gasteiger partial charge in [-0.25, -0.2) is 14.4 Å². The molecule has 10 nitrogen and oxygen atoms in total. The molecular formula is C33H33FN8O2. The van der Waals surface area contributed by atoms with Crippen molar-refractivity contribution in [2.24, 2.45) is 5.41 Å². The van der Waals surface area contributed by atoms with Crippen LogP contribution in [0.15, 0.2) is 67.0 Å². The summed E-state index contributed by atoms with van der Waals surface area (Å²) in [6, 6.07) is 16.0. The number of hydrogen-bond acceptors (Lipinski definition) is 7. The Labute approximate surface area is 253 Å². The lowest BCUT2D eigenvalue weighted by Crippen LogP contribution is -2.27. The molecule has 0 aliphatic carbocycles. The Morgan fingerprint density at radius 3 is 2.61 bits per heavy atom. The van der Waals surface area contributed by atoms with Crippen molar-refractivity contribution >= 4 is 33.7 Å². The van der Waals surface area contributed by atoms with Crippen molar-refractivity contribution in [1.82, 2.24) is 35.0 Å². The molecule has 2 aromatic carbocycles. The molecule has 0 saturated heterocycles. The van der Waals surface area contributed by atoms with Gasteiger partial charge in [-0.05, 0) is 56.1 Å². The maximum atomic E-state index is 14.7. The molecule has 0 atom stereocenters. The third kappa shape index (κ3) is 6.00. The van der Waals surface area contributed by atoms with Crippen LogP contribution in [0.3, 0.4) is 0 Å². The summed E-state index contributed by atoms with van der Waals surface area (Å²) >= 11 is 0. The molecule has 0 fully saturated rings. The van der Waals surface area contributed by atoms with Crippen molar-refractivity contribution in [2.45, 2.75) is 20.8 Å². The number of fused-ring (bicyclic) bond motifs is 2. The number of anilines is 1. The highest BCUT2D eigenvalue weighted by molar-refractivity contribution is 5.97. The second-order valence-corrected chi connectivity index (χ2v) is 11.9. The van der Waals surface area contributed by atoms with Gasteiger partial charge < -0.3 is 19.9 Å². The van der Waals surface area contributed by atoms with Gasteiger partial charge in [0, 0.05) is 35.3 Å². The number of pyridine rings is 2. The van der Waals surface area contributed by atoms with Crippen molar-refractivity contribution in [1.29, 1.82) is 0 Å². The molecule has 6 aromatic rings. The Hall–Kier alpha value is -5.16. The number of carbonyl (C=O) groups is 1. The molecule has 0 spiro atoms. The monoisotopic (exact) mass is 592 g/mol. The number of aromatic amines is 2. The van der Waals surface area contributed by atoms with Crippen molar-refractivity contribution < 1.29 is 13.9 Å². The largest absolute Gasteiger partial charge is 0.492 e. The van der Waals surface area contributed by atoms with Crippen molar-refractivity contribution in [3.8, 4) is 39.7 Å². The highest BCUT2D eigenvalue weighted by Crippen LogP contribution is 2.34. The predicted octanol–water partition coefficient (Wildman–Crippen LogP) is 6.29. The molecule has 0 bridgehead atoms. The van der Waals surface area contributed by atoms with E-state index in [2.05, 4.69) is 25.5 Å². The number of H-pyrrole nitrogens is 2. The lowest BCUT2D eigenvalue weighted by Gasteiger charge is -2.17. The molecule has 0 aliphatic heterocycles. The second kappa shape index (κ2) is 11.5. The third-order valence-electron chi connectivity index (χ3n) is 7.11. The number of amides is 1. The average molecular weight is 593 g/mol. The number of rotatable bonds is 8.